The van der Waals surface area contributed by atoms with E-state index in [-0.39, 0.29) is 28.4 Å². The molecule has 1 aliphatic heterocycles. The van der Waals surface area contributed by atoms with Crippen LogP contribution < -0.4 is 0 Å². The van der Waals surface area contributed by atoms with Crippen LogP contribution in [0.15, 0.2) is 0 Å². The first-order chi connectivity index (χ1) is 12.1. The standard InChI is InChI=1S/C18H39N2Si2.C4H8O.Cr/c1-14-15(21(8,9)19-17(2,3)4)12-13-16(14)22(10,11)20-18(5,6)7;1-2-4-5-3-1;/h15-16H,12-13H2,1-11H3;1-4H2;/q-3;;+3. The van der Waals surface area contributed by atoms with Crippen LogP contribution in [0.5, 0.6) is 0 Å². The van der Waals surface area contributed by atoms with Crippen molar-refractivity contribution < 1.29 is 22.1 Å². The van der Waals surface area contributed by atoms with Crippen molar-refractivity contribution in [2.24, 2.45) is 0 Å². The normalized spacial score (nSPS) is 24.5. The van der Waals surface area contributed by atoms with E-state index in [0.717, 1.165) is 24.3 Å². The number of ether oxygens (including phenoxy) is 1. The zero-order valence-electron chi connectivity index (χ0n) is 20.6. The predicted octanol–water partition coefficient (Wildman–Crippen LogP) is 7.66. The Labute approximate surface area is 189 Å². The van der Waals surface area contributed by atoms with Gasteiger partial charge in [-0.15, -0.1) is 11.1 Å². The fourth-order valence-electron chi connectivity index (χ4n) is 5.25. The Bertz CT molecular complexity index is 411. The molecule has 1 radical (unpaired) electrons. The van der Waals surface area contributed by atoms with Crippen LogP contribution in [0, 0.1) is 5.92 Å². The fourth-order valence-corrected chi connectivity index (χ4v) is 13.6. The van der Waals surface area contributed by atoms with Gasteiger partial charge in [0, 0.05) is 13.2 Å². The van der Waals surface area contributed by atoms with Crippen LogP contribution in [-0.2, 0) is 22.1 Å². The molecule has 0 amide bonds. The van der Waals surface area contributed by atoms with Gasteiger partial charge in [-0.05, 0) is 12.8 Å². The van der Waals surface area contributed by atoms with Crippen molar-refractivity contribution in [2.45, 2.75) is 122 Å². The topological polar surface area (TPSA) is 37.4 Å². The van der Waals surface area contributed by atoms with Crippen LogP contribution in [0.1, 0.15) is 74.1 Å². The maximum Gasteiger partial charge on any atom is 3.00 e. The molecule has 1 heterocycles. The number of rotatable bonds is 4. The van der Waals surface area contributed by atoms with Gasteiger partial charge in [-0.2, -0.15) is 18.0 Å². The molecule has 165 valence electrons. The number of hydrogen-bond acceptors (Lipinski definition) is 1. The summed E-state index contributed by atoms with van der Waals surface area (Å²) in [6.45, 7) is 27.8. The molecule has 0 spiro atoms. The van der Waals surface area contributed by atoms with Crippen molar-refractivity contribution in [3.05, 3.63) is 15.9 Å². The maximum absolute atomic E-state index is 5.27. The molecular formula is C22H47CrN2OSi2. The van der Waals surface area contributed by atoms with E-state index in [0.29, 0.717) is 0 Å². The summed E-state index contributed by atoms with van der Waals surface area (Å²) < 4.78 is 4.94. The first kappa shape index (κ1) is 28.8. The minimum absolute atomic E-state index is 0. The van der Waals surface area contributed by atoms with Crippen LogP contribution in [0.25, 0.3) is 9.96 Å². The van der Waals surface area contributed by atoms with Gasteiger partial charge in [0.15, 0.2) is 0 Å². The molecule has 2 aliphatic rings. The molecule has 0 N–H and O–H groups in total. The van der Waals surface area contributed by atoms with Gasteiger partial charge in [0.1, 0.15) is 0 Å². The van der Waals surface area contributed by atoms with E-state index in [2.05, 4.69) is 74.7 Å². The van der Waals surface area contributed by atoms with Gasteiger partial charge in [-0.25, -0.2) is 0 Å². The van der Waals surface area contributed by atoms with Gasteiger partial charge in [-0.1, -0.05) is 97.0 Å². The summed E-state index contributed by atoms with van der Waals surface area (Å²) >= 11 is 0. The molecule has 6 heteroatoms. The molecule has 1 aliphatic carbocycles. The second-order valence-corrected chi connectivity index (χ2v) is 20.1. The summed E-state index contributed by atoms with van der Waals surface area (Å²) in [5.74, 6) is 1.73. The van der Waals surface area contributed by atoms with Crippen molar-refractivity contribution >= 4 is 16.5 Å². The van der Waals surface area contributed by atoms with Crippen molar-refractivity contribution in [1.82, 2.24) is 0 Å². The SMILES string of the molecule is C1CCOC1.C[C-]1C([Si](C)(C)[N-]C(C)(C)C)CCC1[Si](C)(C)[N-]C(C)(C)C.[Cr+3]. The minimum atomic E-state index is -1.58. The van der Waals surface area contributed by atoms with E-state index in [1.165, 1.54) is 25.7 Å². The summed E-state index contributed by atoms with van der Waals surface area (Å²) in [4.78, 5) is 10.5. The number of hydrogen-bond donors (Lipinski definition) is 0. The van der Waals surface area contributed by atoms with E-state index >= 15 is 0 Å². The Morgan fingerprint density at radius 3 is 1.29 bits per heavy atom. The predicted molar refractivity (Wildman–Crippen MR) is 127 cm³/mol. The summed E-state index contributed by atoms with van der Waals surface area (Å²) in [6, 6.07) is 0. The van der Waals surface area contributed by atoms with Crippen LogP contribution in [0.2, 0.25) is 37.3 Å². The summed E-state index contributed by atoms with van der Waals surface area (Å²) in [7, 11) is -3.16. The summed E-state index contributed by atoms with van der Waals surface area (Å²) in [6.07, 6.45) is 5.23. The molecule has 0 aromatic carbocycles. The van der Waals surface area contributed by atoms with Gasteiger partial charge in [0.2, 0.25) is 0 Å². The second-order valence-electron chi connectivity index (χ2n) is 11.6. The van der Waals surface area contributed by atoms with Gasteiger partial charge >= 0.3 is 17.4 Å². The molecule has 0 aromatic heterocycles. The van der Waals surface area contributed by atoms with E-state index in [1.807, 2.05) is 0 Å². The molecule has 2 atom stereocenters. The molecule has 1 saturated heterocycles. The first-order valence-electron chi connectivity index (χ1n) is 10.9. The second kappa shape index (κ2) is 10.9. The molecule has 0 aromatic rings. The Morgan fingerprint density at radius 2 is 1.07 bits per heavy atom. The smallest absolute Gasteiger partial charge is 0.661 e. The third-order valence-corrected chi connectivity index (χ3v) is 13.0. The van der Waals surface area contributed by atoms with Crippen molar-refractivity contribution in [1.29, 1.82) is 0 Å². The van der Waals surface area contributed by atoms with E-state index in [1.54, 1.807) is 5.92 Å². The Balaban J connectivity index is 0.00000105. The van der Waals surface area contributed by atoms with E-state index in [9.17, 15) is 0 Å². The van der Waals surface area contributed by atoms with Crippen LogP contribution in [0.4, 0.5) is 0 Å². The first-order valence-corrected chi connectivity index (χ1v) is 17.0. The monoisotopic (exact) mass is 463 g/mol. The van der Waals surface area contributed by atoms with Crippen LogP contribution in [0.3, 0.4) is 0 Å². The average molecular weight is 464 g/mol. The largest absolute Gasteiger partial charge is 3.00 e. The molecular weight excluding hydrogens is 416 g/mol. The molecule has 2 fully saturated rings. The third-order valence-electron chi connectivity index (χ3n) is 5.62. The molecule has 0 bridgehead atoms. The third kappa shape index (κ3) is 9.77. The zero-order chi connectivity index (χ0) is 21.1. The summed E-state index contributed by atoms with van der Waals surface area (Å²) in [5, 5.41) is 0. The van der Waals surface area contributed by atoms with Crippen LogP contribution in [-0.4, -0.2) is 40.8 Å². The average Bonchev–Trinajstić information content (AvgIpc) is 3.04. The van der Waals surface area contributed by atoms with Crippen molar-refractivity contribution in [3.8, 4) is 0 Å². The Hall–Kier alpha value is 0.846. The quantitative estimate of drug-likeness (QED) is 0.311. The van der Waals surface area contributed by atoms with Gasteiger partial charge in [0.25, 0.3) is 0 Å². The molecule has 1 saturated carbocycles. The Morgan fingerprint density at radius 1 is 0.750 bits per heavy atom. The molecule has 2 unspecified atom stereocenters. The molecule has 28 heavy (non-hydrogen) atoms. The minimum Gasteiger partial charge on any atom is -0.661 e. The van der Waals surface area contributed by atoms with Gasteiger partial charge in [0.05, 0.1) is 0 Å². The molecule has 2 rings (SSSR count). The van der Waals surface area contributed by atoms with Gasteiger partial charge in [-0.3, -0.25) is 0 Å². The molecule has 3 nitrogen and oxygen atoms in total. The van der Waals surface area contributed by atoms with E-state index < -0.39 is 16.5 Å². The van der Waals surface area contributed by atoms with Crippen molar-refractivity contribution in [3.63, 3.8) is 0 Å². The maximum atomic E-state index is 5.27. The number of nitrogens with zero attached hydrogens (tertiary/aromatic N) is 2. The van der Waals surface area contributed by atoms with E-state index in [4.69, 9.17) is 14.7 Å². The van der Waals surface area contributed by atoms with Gasteiger partial charge < -0.3 is 20.6 Å². The Kier molecular flexibility index (Phi) is 11.3. The van der Waals surface area contributed by atoms with Crippen molar-refractivity contribution in [2.75, 3.05) is 13.2 Å². The van der Waals surface area contributed by atoms with Crippen LogP contribution >= 0.6 is 0 Å². The fraction of sp³-hybridized carbons (Fsp3) is 0.955. The zero-order valence-corrected chi connectivity index (χ0v) is 23.9. The summed E-state index contributed by atoms with van der Waals surface area (Å²) in [5.41, 5.74) is 1.69.